The van der Waals surface area contributed by atoms with Crippen LogP contribution in [0.3, 0.4) is 0 Å². The Kier molecular flexibility index (Phi) is 4.69. The highest BCUT2D eigenvalue weighted by Gasteiger charge is 2.31. The van der Waals surface area contributed by atoms with Crippen molar-refractivity contribution in [2.75, 3.05) is 0 Å². The van der Waals surface area contributed by atoms with E-state index in [1.165, 1.54) is 4.57 Å². The van der Waals surface area contributed by atoms with Gasteiger partial charge < -0.3 is 4.98 Å². The van der Waals surface area contributed by atoms with Gasteiger partial charge in [0.05, 0.1) is 10.9 Å². The van der Waals surface area contributed by atoms with E-state index in [-0.39, 0.29) is 22.7 Å². The van der Waals surface area contributed by atoms with E-state index in [1.54, 1.807) is 18.5 Å². The number of benzene rings is 1. The molecule has 5 heteroatoms. The SMILES string of the molecule is CC(C)(C)C1CCC(n2c(=O)[nH]c3ccc(-c4cccnc4)cc3c2=O)CC1. The van der Waals surface area contributed by atoms with Gasteiger partial charge in [-0.15, -0.1) is 0 Å². The molecule has 28 heavy (non-hydrogen) atoms. The van der Waals surface area contributed by atoms with Gasteiger partial charge in [-0.3, -0.25) is 14.3 Å². The summed E-state index contributed by atoms with van der Waals surface area (Å²) in [6.45, 7) is 6.81. The zero-order chi connectivity index (χ0) is 19.9. The summed E-state index contributed by atoms with van der Waals surface area (Å²) in [5, 5.41) is 0.555. The summed E-state index contributed by atoms with van der Waals surface area (Å²) in [7, 11) is 0. The predicted molar refractivity (Wildman–Crippen MR) is 113 cm³/mol. The third-order valence-electron chi connectivity index (χ3n) is 6.21. The van der Waals surface area contributed by atoms with Gasteiger partial charge in [0.1, 0.15) is 0 Å². The lowest BCUT2D eigenvalue weighted by atomic mass is 9.71. The number of pyridine rings is 1. The van der Waals surface area contributed by atoms with Gasteiger partial charge in [0.2, 0.25) is 0 Å². The number of rotatable bonds is 2. The number of hydrogen-bond donors (Lipinski definition) is 1. The Labute approximate surface area is 164 Å². The van der Waals surface area contributed by atoms with Crippen molar-refractivity contribution < 1.29 is 0 Å². The van der Waals surface area contributed by atoms with Gasteiger partial charge in [0, 0.05) is 24.0 Å². The Hall–Kier alpha value is -2.69. The van der Waals surface area contributed by atoms with Gasteiger partial charge in [0.25, 0.3) is 5.56 Å². The summed E-state index contributed by atoms with van der Waals surface area (Å²) in [5.41, 5.74) is 2.24. The maximum absolute atomic E-state index is 13.2. The lowest BCUT2D eigenvalue weighted by Gasteiger charge is -2.37. The molecule has 0 radical (unpaired) electrons. The molecule has 4 rings (SSSR count). The first kappa shape index (κ1) is 18.7. The minimum absolute atomic E-state index is 0.0266. The van der Waals surface area contributed by atoms with E-state index < -0.39 is 0 Å². The van der Waals surface area contributed by atoms with E-state index in [0.717, 1.165) is 36.8 Å². The van der Waals surface area contributed by atoms with Gasteiger partial charge in [-0.05, 0) is 60.8 Å². The molecule has 1 aliphatic rings. The van der Waals surface area contributed by atoms with Crippen LogP contribution >= 0.6 is 0 Å². The van der Waals surface area contributed by atoms with Crippen LogP contribution in [-0.4, -0.2) is 14.5 Å². The summed E-state index contributed by atoms with van der Waals surface area (Å²) >= 11 is 0. The Balaban J connectivity index is 1.74. The van der Waals surface area contributed by atoms with E-state index in [1.807, 2.05) is 24.3 Å². The number of aromatic nitrogens is 3. The van der Waals surface area contributed by atoms with Gasteiger partial charge in [-0.2, -0.15) is 0 Å². The molecule has 146 valence electrons. The highest BCUT2D eigenvalue weighted by Crippen LogP contribution is 2.40. The van der Waals surface area contributed by atoms with E-state index in [9.17, 15) is 9.59 Å². The maximum atomic E-state index is 13.2. The molecule has 2 heterocycles. The fourth-order valence-electron chi connectivity index (χ4n) is 4.47. The molecule has 1 aromatic carbocycles. The fraction of sp³-hybridized carbons (Fsp3) is 0.435. The quantitative estimate of drug-likeness (QED) is 0.713. The number of H-pyrrole nitrogens is 1. The molecule has 0 bridgehead atoms. The van der Waals surface area contributed by atoms with Crippen LogP contribution in [0, 0.1) is 11.3 Å². The van der Waals surface area contributed by atoms with Crippen LogP contribution in [0.1, 0.15) is 52.5 Å². The molecule has 0 atom stereocenters. The average molecular weight is 377 g/mol. The van der Waals surface area contributed by atoms with Crippen molar-refractivity contribution in [2.24, 2.45) is 11.3 Å². The molecule has 5 nitrogen and oxygen atoms in total. The molecule has 1 aliphatic carbocycles. The first-order chi connectivity index (χ1) is 13.3. The second-order valence-corrected chi connectivity index (χ2v) is 8.98. The van der Waals surface area contributed by atoms with Crippen LogP contribution in [0.25, 0.3) is 22.0 Å². The molecule has 0 spiro atoms. The van der Waals surface area contributed by atoms with Gasteiger partial charge >= 0.3 is 5.69 Å². The maximum Gasteiger partial charge on any atom is 0.329 e. The largest absolute Gasteiger partial charge is 0.329 e. The molecule has 0 aliphatic heterocycles. The molecule has 3 aromatic rings. The number of aromatic amines is 1. The minimum Gasteiger partial charge on any atom is -0.307 e. The lowest BCUT2D eigenvalue weighted by Crippen LogP contribution is -2.40. The predicted octanol–water partition coefficient (Wildman–Crippen LogP) is 4.53. The van der Waals surface area contributed by atoms with Crippen LogP contribution < -0.4 is 11.2 Å². The van der Waals surface area contributed by atoms with Crippen molar-refractivity contribution in [3.8, 4) is 11.1 Å². The molecular formula is C23H27N3O2. The van der Waals surface area contributed by atoms with Crippen molar-refractivity contribution in [1.82, 2.24) is 14.5 Å². The molecule has 2 aromatic heterocycles. The Bertz CT molecular complexity index is 1100. The van der Waals surface area contributed by atoms with Crippen molar-refractivity contribution in [2.45, 2.75) is 52.5 Å². The fourth-order valence-corrected chi connectivity index (χ4v) is 4.47. The first-order valence-electron chi connectivity index (χ1n) is 10.0. The minimum atomic E-state index is -0.300. The van der Waals surface area contributed by atoms with Crippen molar-refractivity contribution >= 4 is 10.9 Å². The molecule has 0 saturated heterocycles. The molecule has 1 fully saturated rings. The van der Waals surface area contributed by atoms with Crippen LogP contribution in [0.2, 0.25) is 0 Å². The monoisotopic (exact) mass is 377 g/mol. The normalized spacial score (nSPS) is 20.4. The van der Waals surface area contributed by atoms with Crippen LogP contribution in [0.4, 0.5) is 0 Å². The summed E-state index contributed by atoms with van der Waals surface area (Å²) in [4.78, 5) is 33.0. The molecule has 0 unspecified atom stereocenters. The topological polar surface area (TPSA) is 67.8 Å². The molecular weight excluding hydrogens is 350 g/mol. The third-order valence-corrected chi connectivity index (χ3v) is 6.21. The van der Waals surface area contributed by atoms with Crippen LogP contribution in [0.15, 0.2) is 52.3 Å². The second kappa shape index (κ2) is 7.04. The summed E-state index contributed by atoms with van der Waals surface area (Å²) in [5.74, 6) is 0.635. The van der Waals surface area contributed by atoms with E-state index in [2.05, 4.69) is 30.7 Å². The van der Waals surface area contributed by atoms with Gasteiger partial charge in [-0.25, -0.2) is 4.79 Å². The van der Waals surface area contributed by atoms with Crippen molar-refractivity contribution in [3.05, 3.63) is 63.6 Å². The van der Waals surface area contributed by atoms with Crippen LogP contribution in [-0.2, 0) is 0 Å². The summed E-state index contributed by atoms with van der Waals surface area (Å²) < 4.78 is 1.45. The average Bonchev–Trinajstić information content (AvgIpc) is 2.68. The van der Waals surface area contributed by atoms with E-state index >= 15 is 0 Å². The molecule has 0 amide bonds. The zero-order valence-corrected chi connectivity index (χ0v) is 16.7. The van der Waals surface area contributed by atoms with Crippen molar-refractivity contribution in [3.63, 3.8) is 0 Å². The van der Waals surface area contributed by atoms with Crippen molar-refractivity contribution in [1.29, 1.82) is 0 Å². The Morgan fingerprint density at radius 3 is 2.43 bits per heavy atom. The molecule has 1 saturated carbocycles. The highest BCUT2D eigenvalue weighted by atomic mass is 16.2. The van der Waals surface area contributed by atoms with E-state index in [0.29, 0.717) is 16.8 Å². The summed E-state index contributed by atoms with van der Waals surface area (Å²) in [6.07, 6.45) is 7.35. The zero-order valence-electron chi connectivity index (χ0n) is 16.7. The number of nitrogens with one attached hydrogen (secondary N) is 1. The third kappa shape index (κ3) is 3.41. The summed E-state index contributed by atoms with van der Waals surface area (Å²) in [6, 6.07) is 9.39. The number of nitrogens with zero attached hydrogens (tertiary/aromatic N) is 2. The van der Waals surface area contributed by atoms with E-state index in [4.69, 9.17) is 0 Å². The van der Waals surface area contributed by atoms with Gasteiger partial charge in [0.15, 0.2) is 0 Å². The smallest absolute Gasteiger partial charge is 0.307 e. The Morgan fingerprint density at radius 2 is 1.79 bits per heavy atom. The second-order valence-electron chi connectivity index (χ2n) is 8.98. The van der Waals surface area contributed by atoms with Gasteiger partial charge in [-0.1, -0.05) is 32.9 Å². The number of fused-ring (bicyclic) bond motifs is 1. The first-order valence-corrected chi connectivity index (χ1v) is 10.0. The Morgan fingerprint density at radius 1 is 1.04 bits per heavy atom. The number of hydrogen-bond acceptors (Lipinski definition) is 3. The standard InChI is InChI=1S/C23H27N3O2/c1-23(2,3)17-7-9-18(10-8-17)26-21(27)19-13-15(16-5-4-12-24-14-16)6-11-20(19)25-22(26)28/h4-6,11-14,17-18H,7-10H2,1-3H3,(H,25,28). The molecule has 1 N–H and O–H groups in total. The highest BCUT2D eigenvalue weighted by molar-refractivity contribution is 5.83. The lowest BCUT2D eigenvalue weighted by molar-refractivity contribution is 0.149. The van der Waals surface area contributed by atoms with Crippen LogP contribution in [0.5, 0.6) is 0 Å².